The smallest absolute Gasteiger partial charge is 0.0726 e. The van der Waals surface area contributed by atoms with Crippen molar-refractivity contribution in [2.45, 2.75) is 26.7 Å². The van der Waals surface area contributed by atoms with Crippen LogP contribution in [0.1, 0.15) is 25.1 Å². The summed E-state index contributed by atoms with van der Waals surface area (Å²) >= 11 is 0. The van der Waals surface area contributed by atoms with Gasteiger partial charge in [0.15, 0.2) is 0 Å². The number of aromatic nitrogens is 1. The third-order valence-electron chi connectivity index (χ3n) is 2.81. The molecule has 0 unspecified atom stereocenters. The van der Waals surface area contributed by atoms with E-state index in [0.29, 0.717) is 0 Å². The van der Waals surface area contributed by atoms with Crippen molar-refractivity contribution in [3.63, 3.8) is 0 Å². The highest BCUT2D eigenvalue weighted by Gasteiger charge is 2.09. The summed E-state index contributed by atoms with van der Waals surface area (Å²) in [6, 6.07) is 8.06. The first kappa shape index (κ1) is 9.97. The second kappa shape index (κ2) is 3.89. The van der Waals surface area contributed by atoms with Crippen LogP contribution in [-0.4, -0.2) is 4.98 Å². The minimum atomic E-state index is 0.903. The number of aryl methyl sites for hydroxylation is 1. The maximum Gasteiger partial charge on any atom is 0.0726 e. The SMILES string of the molecule is CCc1nc2ccccc2c(N)c1CC. The summed E-state index contributed by atoms with van der Waals surface area (Å²) in [5, 5.41) is 1.08. The van der Waals surface area contributed by atoms with Gasteiger partial charge in [0.1, 0.15) is 0 Å². The molecular weight excluding hydrogens is 184 g/mol. The number of hydrogen-bond acceptors (Lipinski definition) is 2. The third kappa shape index (κ3) is 1.56. The van der Waals surface area contributed by atoms with Crippen LogP contribution in [0.15, 0.2) is 24.3 Å². The molecule has 2 nitrogen and oxygen atoms in total. The van der Waals surface area contributed by atoms with E-state index in [1.807, 2.05) is 24.3 Å². The zero-order valence-electron chi connectivity index (χ0n) is 9.25. The first-order valence-corrected chi connectivity index (χ1v) is 5.43. The Morgan fingerprint density at radius 3 is 2.53 bits per heavy atom. The summed E-state index contributed by atoms with van der Waals surface area (Å²) in [6.07, 6.45) is 1.89. The number of nitrogens with zero attached hydrogens (tertiary/aromatic N) is 1. The summed E-state index contributed by atoms with van der Waals surface area (Å²) in [6.45, 7) is 4.25. The molecule has 0 radical (unpaired) electrons. The molecule has 2 N–H and O–H groups in total. The Balaban J connectivity index is 2.81. The average Bonchev–Trinajstić information content (AvgIpc) is 2.29. The van der Waals surface area contributed by atoms with Crippen molar-refractivity contribution in [2.24, 2.45) is 0 Å². The molecule has 0 spiro atoms. The van der Waals surface area contributed by atoms with Gasteiger partial charge in [0, 0.05) is 16.8 Å². The normalized spacial score (nSPS) is 10.8. The van der Waals surface area contributed by atoms with Crippen LogP contribution in [0.4, 0.5) is 5.69 Å². The Hall–Kier alpha value is -1.57. The third-order valence-corrected chi connectivity index (χ3v) is 2.81. The molecule has 0 saturated carbocycles. The van der Waals surface area contributed by atoms with Gasteiger partial charge in [0.25, 0.3) is 0 Å². The Morgan fingerprint density at radius 1 is 1.13 bits per heavy atom. The van der Waals surface area contributed by atoms with Gasteiger partial charge in [-0.2, -0.15) is 0 Å². The Labute approximate surface area is 90.1 Å². The molecule has 2 heteroatoms. The maximum absolute atomic E-state index is 6.17. The van der Waals surface area contributed by atoms with Crippen LogP contribution in [-0.2, 0) is 12.8 Å². The van der Waals surface area contributed by atoms with E-state index < -0.39 is 0 Å². The topological polar surface area (TPSA) is 38.9 Å². The number of benzene rings is 1. The molecule has 2 aromatic rings. The lowest BCUT2D eigenvalue weighted by Crippen LogP contribution is -2.02. The van der Waals surface area contributed by atoms with E-state index in [-0.39, 0.29) is 0 Å². The van der Waals surface area contributed by atoms with Crippen LogP contribution in [0, 0.1) is 0 Å². The number of pyridine rings is 1. The predicted molar refractivity (Wildman–Crippen MR) is 64.9 cm³/mol. The minimum Gasteiger partial charge on any atom is -0.398 e. The van der Waals surface area contributed by atoms with Crippen molar-refractivity contribution in [3.05, 3.63) is 35.5 Å². The molecule has 0 aliphatic rings. The van der Waals surface area contributed by atoms with E-state index in [0.717, 1.165) is 35.1 Å². The molecule has 1 aromatic heterocycles. The van der Waals surface area contributed by atoms with E-state index in [1.54, 1.807) is 0 Å². The molecule has 0 aliphatic carbocycles. The number of rotatable bonds is 2. The second-order valence-electron chi connectivity index (χ2n) is 3.67. The lowest BCUT2D eigenvalue weighted by molar-refractivity contribution is 0.985. The van der Waals surface area contributed by atoms with Crippen LogP contribution in [0.25, 0.3) is 10.9 Å². The van der Waals surface area contributed by atoms with Crippen molar-refractivity contribution in [2.75, 3.05) is 5.73 Å². The van der Waals surface area contributed by atoms with Crippen molar-refractivity contribution in [1.29, 1.82) is 0 Å². The van der Waals surface area contributed by atoms with Gasteiger partial charge < -0.3 is 5.73 Å². The summed E-state index contributed by atoms with van der Waals surface area (Å²) in [7, 11) is 0. The van der Waals surface area contributed by atoms with Crippen LogP contribution in [0.3, 0.4) is 0 Å². The fraction of sp³-hybridized carbons (Fsp3) is 0.308. The summed E-state index contributed by atoms with van der Waals surface area (Å²) in [4.78, 5) is 4.65. The summed E-state index contributed by atoms with van der Waals surface area (Å²) < 4.78 is 0. The second-order valence-corrected chi connectivity index (χ2v) is 3.67. The molecule has 0 aliphatic heterocycles. The molecule has 0 fully saturated rings. The van der Waals surface area contributed by atoms with Gasteiger partial charge in [-0.3, -0.25) is 4.98 Å². The van der Waals surface area contributed by atoms with E-state index in [2.05, 4.69) is 18.8 Å². The fourth-order valence-electron chi connectivity index (χ4n) is 2.02. The number of fused-ring (bicyclic) bond motifs is 1. The molecule has 15 heavy (non-hydrogen) atoms. The van der Waals surface area contributed by atoms with Crippen LogP contribution in [0.2, 0.25) is 0 Å². The van der Waals surface area contributed by atoms with Gasteiger partial charge in [-0.25, -0.2) is 0 Å². The molecule has 2 rings (SSSR count). The van der Waals surface area contributed by atoms with Gasteiger partial charge in [-0.05, 0) is 24.5 Å². The van der Waals surface area contributed by atoms with Crippen molar-refractivity contribution in [1.82, 2.24) is 4.98 Å². The molecular formula is C13H16N2. The first-order valence-electron chi connectivity index (χ1n) is 5.43. The average molecular weight is 200 g/mol. The Morgan fingerprint density at radius 2 is 1.87 bits per heavy atom. The summed E-state index contributed by atoms with van der Waals surface area (Å²) in [5.74, 6) is 0. The number of nitrogen functional groups attached to an aromatic ring is 1. The van der Waals surface area contributed by atoms with Crippen LogP contribution >= 0.6 is 0 Å². The quantitative estimate of drug-likeness (QED) is 0.809. The fourth-order valence-corrected chi connectivity index (χ4v) is 2.02. The van der Waals surface area contributed by atoms with E-state index >= 15 is 0 Å². The standard InChI is InChI=1S/C13H16N2/c1-3-9-11(4-2)15-12-8-6-5-7-10(12)13(9)14/h5-8H,3-4H2,1-2H3,(H2,14,15). The Kier molecular flexibility index (Phi) is 2.58. The maximum atomic E-state index is 6.17. The molecule has 0 saturated heterocycles. The predicted octanol–water partition coefficient (Wildman–Crippen LogP) is 2.94. The zero-order valence-corrected chi connectivity index (χ0v) is 9.25. The zero-order chi connectivity index (χ0) is 10.8. The van der Waals surface area contributed by atoms with Crippen LogP contribution < -0.4 is 5.73 Å². The van der Waals surface area contributed by atoms with Crippen molar-refractivity contribution < 1.29 is 0 Å². The largest absolute Gasteiger partial charge is 0.398 e. The number of anilines is 1. The highest BCUT2D eigenvalue weighted by molar-refractivity contribution is 5.92. The van der Waals surface area contributed by atoms with Gasteiger partial charge >= 0.3 is 0 Å². The highest BCUT2D eigenvalue weighted by Crippen LogP contribution is 2.26. The monoisotopic (exact) mass is 200 g/mol. The molecule has 1 aromatic carbocycles. The molecule has 0 bridgehead atoms. The van der Waals surface area contributed by atoms with Gasteiger partial charge in [0.2, 0.25) is 0 Å². The van der Waals surface area contributed by atoms with Crippen molar-refractivity contribution in [3.8, 4) is 0 Å². The lowest BCUT2D eigenvalue weighted by atomic mass is 10.0. The van der Waals surface area contributed by atoms with Crippen LogP contribution in [0.5, 0.6) is 0 Å². The summed E-state index contributed by atoms with van der Waals surface area (Å²) in [5.41, 5.74) is 10.4. The van der Waals surface area contributed by atoms with Crippen molar-refractivity contribution >= 4 is 16.6 Å². The molecule has 0 amide bonds. The first-order chi connectivity index (χ1) is 7.27. The van der Waals surface area contributed by atoms with Gasteiger partial charge in [-0.1, -0.05) is 32.0 Å². The Bertz CT molecular complexity index is 489. The number of hydrogen-bond donors (Lipinski definition) is 1. The number of nitrogens with two attached hydrogens (primary N) is 1. The lowest BCUT2D eigenvalue weighted by Gasteiger charge is -2.11. The van der Waals surface area contributed by atoms with Gasteiger partial charge in [0.05, 0.1) is 5.52 Å². The minimum absolute atomic E-state index is 0.903. The van der Waals surface area contributed by atoms with E-state index in [4.69, 9.17) is 5.73 Å². The van der Waals surface area contributed by atoms with Gasteiger partial charge in [-0.15, -0.1) is 0 Å². The van der Waals surface area contributed by atoms with E-state index in [9.17, 15) is 0 Å². The molecule has 78 valence electrons. The highest BCUT2D eigenvalue weighted by atomic mass is 14.7. The molecule has 1 heterocycles. The number of para-hydroxylation sites is 1. The van der Waals surface area contributed by atoms with E-state index in [1.165, 1.54) is 5.56 Å². The molecule has 0 atom stereocenters.